The molecule has 4 nitrogen and oxygen atoms in total. The first kappa shape index (κ1) is 10.7. The molecule has 2 rings (SSSR count). The summed E-state index contributed by atoms with van der Waals surface area (Å²) in [6.45, 7) is 1.45. The zero-order chi connectivity index (χ0) is 10.8. The summed E-state index contributed by atoms with van der Waals surface area (Å²) in [5.74, 6) is 1.55. The van der Waals surface area contributed by atoms with Crippen molar-refractivity contribution in [3.8, 4) is 0 Å². The molecule has 84 valence electrons. The number of carbonyl (C=O) groups excluding carboxylic acids is 1. The standard InChI is InChI=1S/C10H17N3OS/c1-6(14)12-13-10(15)11-9-5-7-2-3-8(9)4-7/h7-9H,2-5H2,1H3,(H,12,14)(H2,11,13,15)/t7-,8-,9+/m0/s1. The van der Waals surface area contributed by atoms with Crippen LogP contribution in [0.2, 0.25) is 0 Å². The lowest BCUT2D eigenvalue weighted by Gasteiger charge is -2.24. The number of carbonyl (C=O) groups is 1. The van der Waals surface area contributed by atoms with Crippen molar-refractivity contribution in [2.45, 2.75) is 38.6 Å². The molecule has 0 aromatic carbocycles. The average molecular weight is 227 g/mol. The zero-order valence-electron chi connectivity index (χ0n) is 8.88. The van der Waals surface area contributed by atoms with Crippen LogP contribution in [0.4, 0.5) is 0 Å². The largest absolute Gasteiger partial charge is 0.358 e. The zero-order valence-corrected chi connectivity index (χ0v) is 9.69. The van der Waals surface area contributed by atoms with Gasteiger partial charge >= 0.3 is 0 Å². The molecule has 2 fully saturated rings. The van der Waals surface area contributed by atoms with Gasteiger partial charge in [-0.25, -0.2) is 0 Å². The van der Waals surface area contributed by atoms with Crippen molar-refractivity contribution >= 4 is 23.2 Å². The Morgan fingerprint density at radius 1 is 1.27 bits per heavy atom. The molecule has 0 aromatic rings. The Hall–Kier alpha value is -0.840. The molecule has 0 aromatic heterocycles. The summed E-state index contributed by atoms with van der Waals surface area (Å²) in [6.07, 6.45) is 5.28. The fraction of sp³-hybridized carbons (Fsp3) is 0.800. The molecule has 0 unspecified atom stereocenters. The van der Waals surface area contributed by atoms with Crippen LogP contribution in [0.1, 0.15) is 32.6 Å². The van der Waals surface area contributed by atoms with Gasteiger partial charge in [0, 0.05) is 13.0 Å². The molecule has 0 radical (unpaired) electrons. The second-order valence-corrected chi connectivity index (χ2v) is 4.97. The Labute approximate surface area is 95.2 Å². The minimum absolute atomic E-state index is 0.132. The van der Waals surface area contributed by atoms with Crippen LogP contribution >= 0.6 is 12.2 Å². The fourth-order valence-electron chi connectivity index (χ4n) is 2.77. The van der Waals surface area contributed by atoms with Crippen LogP contribution in [0.5, 0.6) is 0 Å². The summed E-state index contributed by atoms with van der Waals surface area (Å²) in [5, 5.41) is 3.80. The minimum Gasteiger partial charge on any atom is -0.358 e. The van der Waals surface area contributed by atoms with E-state index in [2.05, 4.69) is 16.2 Å². The molecule has 0 heterocycles. The number of nitrogens with one attached hydrogen (secondary N) is 3. The highest BCUT2D eigenvalue weighted by molar-refractivity contribution is 7.80. The number of hydrogen-bond acceptors (Lipinski definition) is 2. The van der Waals surface area contributed by atoms with E-state index >= 15 is 0 Å². The lowest BCUT2D eigenvalue weighted by molar-refractivity contribution is -0.119. The topological polar surface area (TPSA) is 53.2 Å². The first-order valence-corrected chi connectivity index (χ1v) is 5.89. The highest BCUT2D eigenvalue weighted by atomic mass is 32.1. The molecule has 1 amide bonds. The third-order valence-electron chi connectivity index (χ3n) is 3.41. The number of hydrazine groups is 1. The molecular formula is C10H17N3OS. The van der Waals surface area contributed by atoms with Crippen LogP contribution in [0.25, 0.3) is 0 Å². The third kappa shape index (κ3) is 2.59. The molecule has 5 heteroatoms. The lowest BCUT2D eigenvalue weighted by Crippen LogP contribution is -2.50. The van der Waals surface area contributed by atoms with Crippen molar-refractivity contribution in [3.05, 3.63) is 0 Å². The monoisotopic (exact) mass is 227 g/mol. The van der Waals surface area contributed by atoms with Gasteiger partial charge in [0.15, 0.2) is 5.11 Å². The second kappa shape index (κ2) is 4.35. The molecule has 3 atom stereocenters. The molecular weight excluding hydrogens is 210 g/mol. The van der Waals surface area contributed by atoms with Gasteiger partial charge in [0.05, 0.1) is 0 Å². The molecule has 0 aliphatic heterocycles. The van der Waals surface area contributed by atoms with E-state index in [0.717, 1.165) is 11.8 Å². The quantitative estimate of drug-likeness (QED) is 0.456. The molecule has 0 spiro atoms. The van der Waals surface area contributed by atoms with E-state index in [1.807, 2.05) is 0 Å². The Morgan fingerprint density at radius 2 is 2.07 bits per heavy atom. The van der Waals surface area contributed by atoms with Gasteiger partial charge in [-0.1, -0.05) is 6.42 Å². The van der Waals surface area contributed by atoms with Crippen molar-refractivity contribution in [1.29, 1.82) is 0 Å². The Morgan fingerprint density at radius 3 is 2.60 bits per heavy atom. The van der Waals surface area contributed by atoms with E-state index in [0.29, 0.717) is 11.2 Å². The normalized spacial score (nSPS) is 32.5. The van der Waals surface area contributed by atoms with Gasteiger partial charge in [-0.15, -0.1) is 0 Å². The molecule has 2 aliphatic rings. The second-order valence-electron chi connectivity index (χ2n) is 4.56. The van der Waals surface area contributed by atoms with Gasteiger partial charge in [-0.05, 0) is 43.3 Å². The van der Waals surface area contributed by atoms with E-state index in [9.17, 15) is 4.79 Å². The summed E-state index contributed by atoms with van der Waals surface area (Å²) in [5.41, 5.74) is 5.16. The Balaban J connectivity index is 1.73. The van der Waals surface area contributed by atoms with Crippen LogP contribution in [0.15, 0.2) is 0 Å². The van der Waals surface area contributed by atoms with E-state index < -0.39 is 0 Å². The predicted molar refractivity (Wildman–Crippen MR) is 61.9 cm³/mol. The molecule has 15 heavy (non-hydrogen) atoms. The molecule has 2 bridgehead atoms. The predicted octanol–water partition coefficient (Wildman–Crippen LogP) is 0.690. The number of hydrogen-bond donors (Lipinski definition) is 3. The van der Waals surface area contributed by atoms with Crippen LogP contribution in [0, 0.1) is 11.8 Å². The van der Waals surface area contributed by atoms with E-state index in [1.54, 1.807) is 0 Å². The number of amides is 1. The molecule has 2 saturated carbocycles. The third-order valence-corrected chi connectivity index (χ3v) is 3.63. The van der Waals surface area contributed by atoms with Gasteiger partial charge < -0.3 is 5.32 Å². The highest BCUT2D eigenvalue weighted by Gasteiger charge is 2.39. The summed E-state index contributed by atoms with van der Waals surface area (Å²) >= 11 is 5.09. The SMILES string of the molecule is CC(=O)NNC(=S)N[C@@H]1C[C@H]2CC[C@H]1C2. The van der Waals surface area contributed by atoms with Crippen LogP contribution in [-0.4, -0.2) is 17.1 Å². The summed E-state index contributed by atoms with van der Waals surface area (Å²) < 4.78 is 0. The van der Waals surface area contributed by atoms with Gasteiger partial charge in [0.2, 0.25) is 5.91 Å². The average Bonchev–Trinajstić information content (AvgIpc) is 2.76. The Bertz CT molecular complexity index is 282. The van der Waals surface area contributed by atoms with Crippen molar-refractivity contribution in [3.63, 3.8) is 0 Å². The first-order valence-electron chi connectivity index (χ1n) is 5.48. The summed E-state index contributed by atoms with van der Waals surface area (Å²) in [7, 11) is 0. The molecule has 2 aliphatic carbocycles. The smallest absolute Gasteiger partial charge is 0.235 e. The van der Waals surface area contributed by atoms with Crippen LogP contribution < -0.4 is 16.2 Å². The maximum absolute atomic E-state index is 10.7. The van der Waals surface area contributed by atoms with Crippen molar-refractivity contribution in [1.82, 2.24) is 16.2 Å². The first-order chi connectivity index (χ1) is 7.15. The van der Waals surface area contributed by atoms with Gasteiger partial charge in [-0.2, -0.15) is 0 Å². The van der Waals surface area contributed by atoms with E-state index in [4.69, 9.17) is 12.2 Å². The maximum atomic E-state index is 10.7. The van der Waals surface area contributed by atoms with Gasteiger partial charge in [-0.3, -0.25) is 15.6 Å². The van der Waals surface area contributed by atoms with Crippen LogP contribution in [0.3, 0.4) is 0 Å². The van der Waals surface area contributed by atoms with Crippen LogP contribution in [-0.2, 0) is 4.79 Å². The lowest BCUT2D eigenvalue weighted by atomic mass is 9.96. The number of fused-ring (bicyclic) bond motifs is 2. The Kier molecular flexibility index (Phi) is 3.09. The molecule has 0 saturated heterocycles. The maximum Gasteiger partial charge on any atom is 0.235 e. The summed E-state index contributed by atoms with van der Waals surface area (Å²) in [6, 6.07) is 0.512. The number of rotatable bonds is 1. The summed E-state index contributed by atoms with van der Waals surface area (Å²) in [4.78, 5) is 10.7. The van der Waals surface area contributed by atoms with E-state index in [1.165, 1.54) is 32.6 Å². The highest BCUT2D eigenvalue weighted by Crippen LogP contribution is 2.44. The van der Waals surface area contributed by atoms with Crippen molar-refractivity contribution in [2.75, 3.05) is 0 Å². The van der Waals surface area contributed by atoms with Crippen molar-refractivity contribution in [2.24, 2.45) is 11.8 Å². The minimum atomic E-state index is -0.132. The fourth-order valence-corrected chi connectivity index (χ4v) is 2.97. The van der Waals surface area contributed by atoms with Gasteiger partial charge in [0.1, 0.15) is 0 Å². The van der Waals surface area contributed by atoms with Crippen molar-refractivity contribution < 1.29 is 4.79 Å². The van der Waals surface area contributed by atoms with E-state index in [-0.39, 0.29) is 5.91 Å². The number of thiocarbonyl (C=S) groups is 1. The van der Waals surface area contributed by atoms with Gasteiger partial charge in [0.25, 0.3) is 0 Å². The molecule has 3 N–H and O–H groups in total.